The number of methoxy groups -OCH3 is 1. The van der Waals surface area contributed by atoms with Gasteiger partial charge >= 0.3 is 0 Å². The molecular formula is C20H24ClNO4. The van der Waals surface area contributed by atoms with Crippen LogP contribution in [-0.4, -0.2) is 26.2 Å². The third-order valence-corrected chi connectivity index (χ3v) is 4.16. The van der Waals surface area contributed by atoms with Gasteiger partial charge < -0.3 is 19.5 Å². The van der Waals surface area contributed by atoms with Gasteiger partial charge in [-0.15, -0.1) is 0 Å². The fourth-order valence-corrected chi connectivity index (χ4v) is 2.84. The molecule has 0 aromatic heterocycles. The highest BCUT2D eigenvalue weighted by Gasteiger charge is 2.18. The lowest BCUT2D eigenvalue weighted by Crippen LogP contribution is -2.26. The number of rotatable bonds is 8. The average Bonchev–Trinajstić information content (AvgIpc) is 2.64. The van der Waals surface area contributed by atoms with Gasteiger partial charge in [0.15, 0.2) is 11.5 Å². The Balaban J connectivity index is 2.20. The molecule has 2 rings (SSSR count). The molecule has 0 aliphatic rings. The van der Waals surface area contributed by atoms with Crippen molar-refractivity contribution >= 4 is 17.5 Å². The first kappa shape index (κ1) is 19.9. The van der Waals surface area contributed by atoms with Crippen LogP contribution in [0.2, 0.25) is 5.02 Å². The highest BCUT2D eigenvalue weighted by Crippen LogP contribution is 2.36. The van der Waals surface area contributed by atoms with E-state index in [2.05, 4.69) is 5.32 Å². The van der Waals surface area contributed by atoms with E-state index < -0.39 is 0 Å². The van der Waals surface area contributed by atoms with Crippen LogP contribution >= 0.6 is 11.6 Å². The normalized spacial score (nSPS) is 11.6. The molecule has 0 aliphatic carbocycles. The van der Waals surface area contributed by atoms with Gasteiger partial charge in [-0.2, -0.15) is 0 Å². The molecule has 0 saturated carbocycles. The van der Waals surface area contributed by atoms with E-state index in [1.54, 1.807) is 37.4 Å². The zero-order chi connectivity index (χ0) is 19.1. The minimum absolute atomic E-state index is 0.192. The summed E-state index contributed by atoms with van der Waals surface area (Å²) in [5.74, 6) is 1.71. The van der Waals surface area contributed by atoms with Gasteiger partial charge in [0.2, 0.25) is 0 Å². The minimum atomic E-state index is -0.299. The fraction of sp³-hybridized carbons (Fsp3) is 0.350. The maximum Gasteiger partial charge on any atom is 0.251 e. The summed E-state index contributed by atoms with van der Waals surface area (Å²) in [6.45, 7) is 6.69. The van der Waals surface area contributed by atoms with Crippen LogP contribution < -0.4 is 19.5 Å². The predicted octanol–water partition coefficient (Wildman–Crippen LogP) is 4.64. The Morgan fingerprint density at radius 3 is 2.19 bits per heavy atom. The van der Waals surface area contributed by atoms with Crippen LogP contribution in [0.25, 0.3) is 0 Å². The Hall–Kier alpha value is -2.40. The summed E-state index contributed by atoms with van der Waals surface area (Å²) in [7, 11) is 1.58. The molecule has 0 heterocycles. The minimum Gasteiger partial charge on any atom is -0.497 e. The molecule has 140 valence electrons. The summed E-state index contributed by atoms with van der Waals surface area (Å²) < 4.78 is 16.3. The molecule has 6 heteroatoms. The SMILES string of the molecule is CCOc1cc(Cl)c([C@H](C)NC(=O)c2ccc(OC)cc2)cc1OCC. The Labute approximate surface area is 159 Å². The quantitative estimate of drug-likeness (QED) is 0.728. The van der Waals surface area contributed by atoms with E-state index >= 15 is 0 Å². The summed E-state index contributed by atoms with van der Waals surface area (Å²) in [6.07, 6.45) is 0. The summed E-state index contributed by atoms with van der Waals surface area (Å²) in [4.78, 5) is 12.5. The van der Waals surface area contributed by atoms with Gasteiger partial charge in [0.05, 0.1) is 26.4 Å². The zero-order valence-corrected chi connectivity index (χ0v) is 16.2. The van der Waals surface area contributed by atoms with Crippen molar-refractivity contribution < 1.29 is 19.0 Å². The number of carbonyl (C=O) groups excluding carboxylic acids is 1. The van der Waals surface area contributed by atoms with E-state index in [9.17, 15) is 4.79 Å². The second-order valence-electron chi connectivity index (χ2n) is 5.61. The lowest BCUT2D eigenvalue weighted by molar-refractivity contribution is 0.0940. The first-order chi connectivity index (χ1) is 12.5. The molecule has 2 aromatic carbocycles. The lowest BCUT2D eigenvalue weighted by atomic mass is 10.1. The van der Waals surface area contributed by atoms with Crippen LogP contribution in [0.15, 0.2) is 36.4 Å². The first-order valence-electron chi connectivity index (χ1n) is 8.54. The van der Waals surface area contributed by atoms with E-state index in [-0.39, 0.29) is 11.9 Å². The topological polar surface area (TPSA) is 56.8 Å². The number of amides is 1. The molecular weight excluding hydrogens is 354 g/mol. The van der Waals surface area contributed by atoms with Crippen LogP contribution in [0.1, 0.15) is 42.7 Å². The Kier molecular flexibility index (Phi) is 7.16. The predicted molar refractivity (Wildman–Crippen MR) is 103 cm³/mol. The number of hydrogen-bond donors (Lipinski definition) is 1. The highest BCUT2D eigenvalue weighted by atomic mass is 35.5. The summed E-state index contributed by atoms with van der Waals surface area (Å²) >= 11 is 6.40. The molecule has 1 N–H and O–H groups in total. The molecule has 26 heavy (non-hydrogen) atoms. The Morgan fingerprint density at radius 1 is 1.08 bits per heavy atom. The largest absolute Gasteiger partial charge is 0.497 e. The number of halogens is 1. The maximum atomic E-state index is 12.5. The van der Waals surface area contributed by atoms with Gasteiger partial charge in [-0.3, -0.25) is 4.79 Å². The monoisotopic (exact) mass is 377 g/mol. The molecule has 0 aliphatic heterocycles. The molecule has 0 spiro atoms. The van der Waals surface area contributed by atoms with Crippen molar-refractivity contribution in [3.8, 4) is 17.2 Å². The molecule has 0 radical (unpaired) electrons. The van der Waals surface area contributed by atoms with Crippen LogP contribution in [0, 0.1) is 0 Å². The third-order valence-electron chi connectivity index (χ3n) is 3.83. The summed E-state index contributed by atoms with van der Waals surface area (Å²) in [6, 6.07) is 10.2. The van der Waals surface area contributed by atoms with Crippen LogP contribution in [0.3, 0.4) is 0 Å². The number of nitrogens with one attached hydrogen (secondary N) is 1. The maximum absolute atomic E-state index is 12.5. The van der Waals surface area contributed by atoms with Crippen molar-refractivity contribution in [2.75, 3.05) is 20.3 Å². The molecule has 0 unspecified atom stereocenters. The molecule has 0 fully saturated rings. The number of hydrogen-bond acceptors (Lipinski definition) is 4. The summed E-state index contributed by atoms with van der Waals surface area (Å²) in [5.41, 5.74) is 1.31. The lowest BCUT2D eigenvalue weighted by Gasteiger charge is -2.19. The van der Waals surface area contributed by atoms with Crippen molar-refractivity contribution in [3.05, 3.63) is 52.5 Å². The molecule has 2 aromatic rings. The molecule has 1 amide bonds. The van der Waals surface area contributed by atoms with Crippen molar-refractivity contribution in [2.24, 2.45) is 0 Å². The van der Waals surface area contributed by atoms with Crippen LogP contribution in [0.5, 0.6) is 17.2 Å². The Bertz CT molecular complexity index is 746. The average molecular weight is 378 g/mol. The number of benzene rings is 2. The number of ether oxygens (including phenoxy) is 3. The van der Waals surface area contributed by atoms with Gasteiger partial charge in [0.1, 0.15) is 5.75 Å². The van der Waals surface area contributed by atoms with E-state index in [1.807, 2.05) is 26.8 Å². The van der Waals surface area contributed by atoms with E-state index in [1.165, 1.54) is 0 Å². The van der Waals surface area contributed by atoms with Gasteiger partial charge in [-0.05, 0) is 56.7 Å². The van der Waals surface area contributed by atoms with Crippen molar-refractivity contribution in [2.45, 2.75) is 26.8 Å². The Morgan fingerprint density at radius 2 is 1.65 bits per heavy atom. The van der Waals surface area contributed by atoms with Crippen molar-refractivity contribution in [1.82, 2.24) is 5.32 Å². The highest BCUT2D eigenvalue weighted by molar-refractivity contribution is 6.31. The van der Waals surface area contributed by atoms with E-state index in [0.717, 1.165) is 5.56 Å². The molecule has 1 atom stereocenters. The van der Waals surface area contributed by atoms with E-state index in [4.69, 9.17) is 25.8 Å². The van der Waals surface area contributed by atoms with Gasteiger partial charge in [0.25, 0.3) is 5.91 Å². The van der Waals surface area contributed by atoms with Crippen molar-refractivity contribution in [1.29, 1.82) is 0 Å². The van der Waals surface area contributed by atoms with Gasteiger partial charge in [0, 0.05) is 16.7 Å². The first-order valence-corrected chi connectivity index (χ1v) is 8.91. The van der Waals surface area contributed by atoms with Crippen molar-refractivity contribution in [3.63, 3.8) is 0 Å². The number of carbonyl (C=O) groups is 1. The van der Waals surface area contributed by atoms with Gasteiger partial charge in [-0.1, -0.05) is 11.6 Å². The van der Waals surface area contributed by atoms with E-state index in [0.29, 0.717) is 41.0 Å². The molecule has 0 saturated heterocycles. The fourth-order valence-electron chi connectivity index (χ4n) is 2.52. The molecule has 5 nitrogen and oxygen atoms in total. The second kappa shape index (κ2) is 9.34. The summed E-state index contributed by atoms with van der Waals surface area (Å²) in [5, 5.41) is 3.46. The zero-order valence-electron chi connectivity index (χ0n) is 15.5. The van der Waals surface area contributed by atoms with Gasteiger partial charge in [-0.25, -0.2) is 0 Å². The van der Waals surface area contributed by atoms with Crippen LogP contribution in [-0.2, 0) is 0 Å². The smallest absolute Gasteiger partial charge is 0.251 e. The van der Waals surface area contributed by atoms with Crippen LogP contribution in [0.4, 0.5) is 0 Å². The standard InChI is InChI=1S/C20H24ClNO4/c1-5-25-18-11-16(17(21)12-19(18)26-6-2)13(3)22-20(23)14-7-9-15(24-4)10-8-14/h7-13H,5-6H2,1-4H3,(H,22,23)/t13-/m0/s1. The molecule has 0 bridgehead atoms. The third kappa shape index (κ3) is 4.82. The second-order valence-corrected chi connectivity index (χ2v) is 6.02.